The minimum absolute atomic E-state index is 1.10. The number of hydrogen-bond donors (Lipinski definition) is 0. The van der Waals surface area contributed by atoms with Crippen LogP contribution in [0.5, 0.6) is 0 Å². The Kier molecular flexibility index (Phi) is 8.24. The molecule has 0 atom stereocenters. The average Bonchev–Trinajstić information content (AvgIpc) is 3.27. The highest BCUT2D eigenvalue weighted by Gasteiger charge is 2.20. The summed E-state index contributed by atoms with van der Waals surface area (Å²) < 4.78 is 0. The Morgan fingerprint density at radius 1 is 0.236 bits per heavy atom. The van der Waals surface area contributed by atoms with Crippen molar-refractivity contribution in [2.75, 3.05) is 4.90 Å². The number of fused-ring (bicyclic) bond motifs is 3. The smallest absolute Gasteiger partial charge is 0.0540 e. The first-order chi connectivity index (χ1) is 27.3. The molecule has 10 rings (SSSR count). The third-order valence-corrected chi connectivity index (χ3v) is 10.9. The third-order valence-electron chi connectivity index (χ3n) is 10.9. The van der Waals surface area contributed by atoms with Gasteiger partial charge < -0.3 is 4.90 Å². The van der Waals surface area contributed by atoms with Crippen LogP contribution in [0.3, 0.4) is 0 Å². The van der Waals surface area contributed by atoms with Crippen molar-refractivity contribution >= 4 is 49.4 Å². The van der Waals surface area contributed by atoms with Crippen molar-refractivity contribution in [1.29, 1.82) is 0 Å². The molecule has 0 amide bonds. The zero-order valence-electron chi connectivity index (χ0n) is 30.3. The molecule has 0 saturated heterocycles. The van der Waals surface area contributed by atoms with Gasteiger partial charge in [0, 0.05) is 16.5 Å². The first kappa shape index (κ1) is 32.4. The lowest BCUT2D eigenvalue weighted by Crippen LogP contribution is -2.11. The second-order valence-corrected chi connectivity index (χ2v) is 14.1. The topological polar surface area (TPSA) is 3.24 Å². The van der Waals surface area contributed by atoms with E-state index in [1.54, 1.807) is 0 Å². The molecule has 10 aromatic rings. The fraction of sp³-hybridized carbons (Fsp3) is 0. The monoisotopic (exact) mass is 699 g/mol. The SMILES string of the molecule is c1ccc(-c2ccc(-c3ccc(N(c4cccc5ccccc45)c4ccc(-c5ccccc5)c5ccccc45)cc3)cc2-c2ccc3ccccc3c2)cc1. The number of nitrogens with zero attached hydrogens (tertiary/aromatic N) is 1. The average molecular weight is 700 g/mol. The van der Waals surface area contributed by atoms with Crippen LogP contribution in [0.1, 0.15) is 0 Å². The molecule has 0 aliphatic rings. The molecule has 0 saturated carbocycles. The fourth-order valence-electron chi connectivity index (χ4n) is 8.15. The van der Waals surface area contributed by atoms with Gasteiger partial charge in [0.25, 0.3) is 0 Å². The van der Waals surface area contributed by atoms with E-state index in [2.05, 4.69) is 229 Å². The molecule has 0 fully saturated rings. The van der Waals surface area contributed by atoms with Gasteiger partial charge in [0.1, 0.15) is 0 Å². The Bertz CT molecular complexity index is 2960. The highest BCUT2D eigenvalue weighted by molar-refractivity contribution is 6.09. The summed E-state index contributed by atoms with van der Waals surface area (Å²) in [4.78, 5) is 2.43. The van der Waals surface area contributed by atoms with Gasteiger partial charge in [-0.05, 0) is 102 Å². The number of rotatable bonds is 7. The van der Waals surface area contributed by atoms with Crippen molar-refractivity contribution in [3.8, 4) is 44.5 Å². The number of benzene rings is 10. The molecule has 0 spiro atoms. The van der Waals surface area contributed by atoms with E-state index in [1.165, 1.54) is 76.8 Å². The first-order valence-corrected chi connectivity index (χ1v) is 18.9. The zero-order chi connectivity index (χ0) is 36.6. The largest absolute Gasteiger partial charge is 0.309 e. The molecular weight excluding hydrogens is 663 g/mol. The zero-order valence-corrected chi connectivity index (χ0v) is 30.3. The Hall–Kier alpha value is -7.22. The molecular formula is C54H37N. The van der Waals surface area contributed by atoms with E-state index in [0.717, 1.165) is 17.1 Å². The fourth-order valence-corrected chi connectivity index (χ4v) is 8.15. The molecule has 0 radical (unpaired) electrons. The Balaban J connectivity index is 1.12. The summed E-state index contributed by atoms with van der Waals surface area (Å²) in [5.74, 6) is 0. The molecule has 1 nitrogen and oxygen atoms in total. The first-order valence-electron chi connectivity index (χ1n) is 18.9. The van der Waals surface area contributed by atoms with E-state index in [9.17, 15) is 0 Å². The van der Waals surface area contributed by atoms with Gasteiger partial charge in [-0.2, -0.15) is 0 Å². The van der Waals surface area contributed by atoms with Crippen LogP contribution in [-0.4, -0.2) is 0 Å². The second-order valence-electron chi connectivity index (χ2n) is 14.1. The Morgan fingerprint density at radius 2 is 0.782 bits per heavy atom. The van der Waals surface area contributed by atoms with Crippen molar-refractivity contribution in [3.05, 3.63) is 224 Å². The minimum Gasteiger partial charge on any atom is -0.309 e. The lowest BCUT2D eigenvalue weighted by molar-refractivity contribution is 1.31. The van der Waals surface area contributed by atoms with Crippen LogP contribution in [0.2, 0.25) is 0 Å². The van der Waals surface area contributed by atoms with Gasteiger partial charge in [0.15, 0.2) is 0 Å². The normalized spacial score (nSPS) is 11.3. The van der Waals surface area contributed by atoms with E-state index < -0.39 is 0 Å². The van der Waals surface area contributed by atoms with Gasteiger partial charge in [-0.15, -0.1) is 0 Å². The van der Waals surface area contributed by atoms with Crippen LogP contribution in [0.25, 0.3) is 76.8 Å². The summed E-state index contributed by atoms with van der Waals surface area (Å²) in [5.41, 5.74) is 13.1. The van der Waals surface area contributed by atoms with Crippen molar-refractivity contribution < 1.29 is 0 Å². The van der Waals surface area contributed by atoms with E-state index in [-0.39, 0.29) is 0 Å². The molecule has 10 aromatic carbocycles. The molecule has 258 valence electrons. The van der Waals surface area contributed by atoms with E-state index in [4.69, 9.17) is 0 Å². The predicted molar refractivity (Wildman–Crippen MR) is 235 cm³/mol. The second kappa shape index (κ2) is 14.0. The molecule has 0 bridgehead atoms. The molecule has 0 unspecified atom stereocenters. The summed E-state index contributed by atoms with van der Waals surface area (Å²) in [7, 11) is 0. The van der Waals surface area contributed by atoms with E-state index in [0.29, 0.717) is 0 Å². The molecule has 1 heteroatoms. The summed E-state index contributed by atoms with van der Waals surface area (Å²) in [6.45, 7) is 0. The molecule has 0 aliphatic heterocycles. The van der Waals surface area contributed by atoms with Crippen molar-refractivity contribution in [2.24, 2.45) is 0 Å². The molecule has 0 heterocycles. The quantitative estimate of drug-likeness (QED) is 0.160. The lowest BCUT2D eigenvalue weighted by Gasteiger charge is -2.29. The van der Waals surface area contributed by atoms with Crippen LogP contribution in [-0.2, 0) is 0 Å². The summed E-state index contributed by atoms with van der Waals surface area (Å²) in [5, 5.41) is 7.35. The number of anilines is 3. The highest BCUT2D eigenvalue weighted by atomic mass is 15.1. The Labute approximate surface area is 322 Å². The van der Waals surface area contributed by atoms with Gasteiger partial charge in [0.05, 0.1) is 11.4 Å². The van der Waals surface area contributed by atoms with Crippen molar-refractivity contribution in [2.45, 2.75) is 0 Å². The van der Waals surface area contributed by atoms with Crippen molar-refractivity contribution in [3.63, 3.8) is 0 Å². The van der Waals surface area contributed by atoms with Crippen LogP contribution < -0.4 is 4.90 Å². The minimum atomic E-state index is 1.10. The van der Waals surface area contributed by atoms with E-state index >= 15 is 0 Å². The van der Waals surface area contributed by atoms with Crippen molar-refractivity contribution in [1.82, 2.24) is 0 Å². The van der Waals surface area contributed by atoms with Crippen LogP contribution in [0.4, 0.5) is 17.1 Å². The van der Waals surface area contributed by atoms with Gasteiger partial charge >= 0.3 is 0 Å². The standard InChI is InChI=1S/C54H37N/c1-3-15-40(16-4-1)47-34-35-54(51-24-12-11-23-50(47)51)55(53-25-13-21-42-19-9-10-22-49(42)53)46-31-28-39(29-32-46)44-30-33-48(41-17-5-2-6-18-41)52(37-44)45-27-26-38-14-7-8-20-43(38)36-45/h1-37H. The maximum Gasteiger partial charge on any atom is 0.0540 e. The van der Waals surface area contributed by atoms with Gasteiger partial charge in [-0.3, -0.25) is 0 Å². The third kappa shape index (κ3) is 6.02. The predicted octanol–water partition coefficient (Wildman–Crippen LogP) is 15.3. The summed E-state index contributed by atoms with van der Waals surface area (Å²) in [6, 6.07) is 81.5. The molecule has 0 N–H and O–H groups in total. The Morgan fingerprint density at radius 3 is 1.55 bits per heavy atom. The van der Waals surface area contributed by atoms with Crippen LogP contribution >= 0.6 is 0 Å². The summed E-state index contributed by atoms with van der Waals surface area (Å²) in [6.07, 6.45) is 0. The summed E-state index contributed by atoms with van der Waals surface area (Å²) >= 11 is 0. The molecule has 55 heavy (non-hydrogen) atoms. The number of hydrogen-bond acceptors (Lipinski definition) is 1. The van der Waals surface area contributed by atoms with Crippen LogP contribution in [0.15, 0.2) is 224 Å². The van der Waals surface area contributed by atoms with Gasteiger partial charge in [0.2, 0.25) is 0 Å². The maximum absolute atomic E-state index is 2.43. The lowest BCUT2D eigenvalue weighted by atomic mass is 9.90. The molecule has 0 aromatic heterocycles. The highest BCUT2D eigenvalue weighted by Crippen LogP contribution is 2.45. The van der Waals surface area contributed by atoms with Gasteiger partial charge in [-0.25, -0.2) is 0 Å². The van der Waals surface area contributed by atoms with E-state index in [1.807, 2.05) is 0 Å². The van der Waals surface area contributed by atoms with Crippen LogP contribution in [0, 0.1) is 0 Å². The van der Waals surface area contributed by atoms with Gasteiger partial charge in [-0.1, -0.05) is 188 Å². The molecule has 0 aliphatic carbocycles. The maximum atomic E-state index is 2.43.